The lowest BCUT2D eigenvalue weighted by molar-refractivity contribution is -0.119. The van der Waals surface area contributed by atoms with Crippen LogP contribution in [0.3, 0.4) is 0 Å². The highest BCUT2D eigenvalue weighted by Crippen LogP contribution is 2.27. The molecule has 0 bridgehead atoms. The third-order valence-corrected chi connectivity index (χ3v) is 3.86. The average Bonchev–Trinajstić information content (AvgIpc) is 3.10. The summed E-state index contributed by atoms with van der Waals surface area (Å²) in [7, 11) is 0. The summed E-state index contributed by atoms with van der Waals surface area (Å²) in [6, 6.07) is 5.95. The minimum Gasteiger partial charge on any atom is -0.376 e. The number of nitrogens with zero attached hydrogens (tertiary/aromatic N) is 1. The number of thiazole rings is 1. The van der Waals surface area contributed by atoms with Crippen LogP contribution in [0.4, 0.5) is 5.69 Å². The first-order valence-electron chi connectivity index (χ1n) is 6.15. The van der Waals surface area contributed by atoms with Gasteiger partial charge in [-0.05, 0) is 37.0 Å². The molecule has 1 aromatic heterocycles. The average molecular weight is 261 g/mol. The number of fused-ring (bicyclic) bond motifs is 1. The number of amides is 1. The summed E-state index contributed by atoms with van der Waals surface area (Å²) in [4.78, 5) is 15.8. The van der Waals surface area contributed by atoms with E-state index < -0.39 is 0 Å². The maximum absolute atomic E-state index is 11.6. The Morgan fingerprint density at radius 3 is 3.17 bits per heavy atom. The van der Waals surface area contributed by atoms with E-state index in [1.165, 1.54) is 12.8 Å². The zero-order valence-corrected chi connectivity index (χ0v) is 10.8. The van der Waals surface area contributed by atoms with Crippen molar-refractivity contribution in [3.8, 4) is 0 Å². The second-order valence-electron chi connectivity index (χ2n) is 4.64. The van der Waals surface area contributed by atoms with Gasteiger partial charge < -0.3 is 10.6 Å². The van der Waals surface area contributed by atoms with Crippen molar-refractivity contribution in [3.63, 3.8) is 0 Å². The maximum Gasteiger partial charge on any atom is 0.239 e. The Balaban J connectivity index is 1.53. The van der Waals surface area contributed by atoms with Crippen molar-refractivity contribution in [3.05, 3.63) is 23.7 Å². The topological polar surface area (TPSA) is 54.0 Å². The molecule has 5 heteroatoms. The molecule has 94 valence electrons. The number of rotatable bonds is 5. The first-order valence-corrected chi connectivity index (χ1v) is 7.03. The number of nitrogens with one attached hydrogen (secondary N) is 2. The SMILES string of the molecule is O=C(CNc1ccc2ncsc2c1)NCC1CC1. The molecule has 1 amide bonds. The molecular formula is C13H15N3OS. The molecule has 0 unspecified atom stereocenters. The van der Waals surface area contributed by atoms with Crippen molar-refractivity contribution >= 4 is 33.1 Å². The number of carbonyl (C=O) groups excluding carboxylic acids is 1. The van der Waals surface area contributed by atoms with Crippen LogP contribution in [0.15, 0.2) is 23.7 Å². The summed E-state index contributed by atoms with van der Waals surface area (Å²) in [6.45, 7) is 1.16. The van der Waals surface area contributed by atoms with Crippen molar-refractivity contribution in [2.75, 3.05) is 18.4 Å². The fourth-order valence-corrected chi connectivity index (χ4v) is 2.51. The van der Waals surface area contributed by atoms with E-state index in [9.17, 15) is 4.79 Å². The normalized spacial score (nSPS) is 14.7. The molecule has 0 saturated heterocycles. The lowest BCUT2D eigenvalue weighted by Crippen LogP contribution is -2.31. The molecule has 0 spiro atoms. The van der Waals surface area contributed by atoms with E-state index in [-0.39, 0.29) is 5.91 Å². The Labute approximate surface area is 109 Å². The summed E-state index contributed by atoms with van der Waals surface area (Å²) in [5.41, 5.74) is 3.80. The summed E-state index contributed by atoms with van der Waals surface area (Å²) in [5, 5.41) is 6.07. The highest BCUT2D eigenvalue weighted by atomic mass is 32.1. The molecule has 1 aliphatic carbocycles. The maximum atomic E-state index is 11.6. The predicted octanol–water partition coefficient (Wildman–Crippen LogP) is 2.23. The summed E-state index contributed by atoms with van der Waals surface area (Å²) < 4.78 is 1.14. The van der Waals surface area contributed by atoms with Crippen molar-refractivity contribution in [1.82, 2.24) is 10.3 Å². The molecule has 1 aromatic carbocycles. The Morgan fingerprint density at radius 2 is 2.33 bits per heavy atom. The molecule has 1 aliphatic rings. The zero-order valence-electron chi connectivity index (χ0n) is 9.98. The van der Waals surface area contributed by atoms with Gasteiger partial charge in [-0.15, -0.1) is 11.3 Å². The molecular weight excluding hydrogens is 246 g/mol. The Bertz CT molecular complexity index is 562. The number of carbonyl (C=O) groups is 1. The molecule has 4 nitrogen and oxygen atoms in total. The third-order valence-electron chi connectivity index (χ3n) is 3.07. The Morgan fingerprint density at radius 1 is 1.44 bits per heavy atom. The van der Waals surface area contributed by atoms with Crippen molar-refractivity contribution in [2.45, 2.75) is 12.8 Å². The van der Waals surface area contributed by atoms with Crippen LogP contribution in [0.2, 0.25) is 0 Å². The van der Waals surface area contributed by atoms with Gasteiger partial charge in [-0.25, -0.2) is 4.98 Å². The number of hydrogen-bond acceptors (Lipinski definition) is 4. The molecule has 2 N–H and O–H groups in total. The molecule has 1 fully saturated rings. The molecule has 1 saturated carbocycles. The van der Waals surface area contributed by atoms with E-state index in [4.69, 9.17) is 0 Å². The second-order valence-corrected chi connectivity index (χ2v) is 5.52. The van der Waals surface area contributed by atoms with Gasteiger partial charge in [0.25, 0.3) is 0 Å². The van der Waals surface area contributed by atoms with Gasteiger partial charge in [-0.1, -0.05) is 0 Å². The molecule has 1 heterocycles. The number of benzene rings is 1. The second kappa shape index (κ2) is 4.94. The highest BCUT2D eigenvalue weighted by Gasteiger charge is 2.21. The first-order chi connectivity index (χ1) is 8.81. The minimum absolute atomic E-state index is 0.0614. The fraction of sp³-hybridized carbons (Fsp3) is 0.385. The van der Waals surface area contributed by atoms with Crippen LogP contribution in [0, 0.1) is 5.92 Å². The van der Waals surface area contributed by atoms with E-state index in [0.717, 1.165) is 28.4 Å². The molecule has 0 aliphatic heterocycles. The Hall–Kier alpha value is -1.62. The van der Waals surface area contributed by atoms with E-state index in [2.05, 4.69) is 15.6 Å². The molecule has 0 radical (unpaired) electrons. The highest BCUT2D eigenvalue weighted by molar-refractivity contribution is 7.16. The van der Waals surface area contributed by atoms with Crippen LogP contribution in [-0.4, -0.2) is 24.0 Å². The van der Waals surface area contributed by atoms with Crippen molar-refractivity contribution < 1.29 is 4.79 Å². The monoisotopic (exact) mass is 261 g/mol. The standard InChI is InChI=1S/C13H15N3OS/c17-13(15-6-9-1-2-9)7-14-10-3-4-11-12(5-10)18-8-16-11/h3-5,8-9,14H,1-2,6-7H2,(H,15,17). The van der Waals surface area contributed by atoms with Crippen LogP contribution >= 0.6 is 11.3 Å². The quantitative estimate of drug-likeness (QED) is 0.868. The van der Waals surface area contributed by atoms with Gasteiger partial charge in [0.15, 0.2) is 0 Å². The van der Waals surface area contributed by atoms with Gasteiger partial charge >= 0.3 is 0 Å². The number of anilines is 1. The smallest absolute Gasteiger partial charge is 0.239 e. The first kappa shape index (κ1) is 11.5. The van der Waals surface area contributed by atoms with E-state index in [0.29, 0.717) is 6.54 Å². The van der Waals surface area contributed by atoms with Crippen LogP contribution in [0.5, 0.6) is 0 Å². The number of aromatic nitrogens is 1. The van der Waals surface area contributed by atoms with E-state index >= 15 is 0 Å². The van der Waals surface area contributed by atoms with Gasteiger partial charge in [0.1, 0.15) is 0 Å². The summed E-state index contributed by atoms with van der Waals surface area (Å²) in [5.74, 6) is 0.786. The fourth-order valence-electron chi connectivity index (χ4n) is 1.79. The van der Waals surface area contributed by atoms with Gasteiger partial charge in [-0.3, -0.25) is 4.79 Å². The third kappa shape index (κ3) is 2.79. The van der Waals surface area contributed by atoms with E-state index in [1.807, 2.05) is 23.7 Å². The van der Waals surface area contributed by atoms with Gasteiger partial charge in [-0.2, -0.15) is 0 Å². The molecule has 2 aromatic rings. The summed E-state index contributed by atoms with van der Waals surface area (Å²) in [6.07, 6.45) is 2.52. The molecule has 3 rings (SSSR count). The van der Waals surface area contributed by atoms with Crippen molar-refractivity contribution in [1.29, 1.82) is 0 Å². The van der Waals surface area contributed by atoms with Crippen LogP contribution in [-0.2, 0) is 4.79 Å². The van der Waals surface area contributed by atoms with E-state index in [1.54, 1.807) is 11.3 Å². The lowest BCUT2D eigenvalue weighted by Gasteiger charge is -2.07. The summed E-state index contributed by atoms with van der Waals surface area (Å²) >= 11 is 1.61. The van der Waals surface area contributed by atoms with Gasteiger partial charge in [0, 0.05) is 12.2 Å². The predicted molar refractivity (Wildman–Crippen MR) is 73.8 cm³/mol. The zero-order chi connectivity index (χ0) is 12.4. The van der Waals surface area contributed by atoms with Crippen molar-refractivity contribution in [2.24, 2.45) is 5.92 Å². The van der Waals surface area contributed by atoms with Crippen LogP contribution in [0.1, 0.15) is 12.8 Å². The van der Waals surface area contributed by atoms with Crippen LogP contribution in [0.25, 0.3) is 10.2 Å². The number of hydrogen-bond donors (Lipinski definition) is 2. The molecule has 18 heavy (non-hydrogen) atoms. The van der Waals surface area contributed by atoms with Gasteiger partial charge in [0.05, 0.1) is 22.3 Å². The minimum atomic E-state index is 0.0614. The largest absolute Gasteiger partial charge is 0.376 e. The van der Waals surface area contributed by atoms with Crippen LogP contribution < -0.4 is 10.6 Å². The molecule has 0 atom stereocenters. The lowest BCUT2D eigenvalue weighted by atomic mass is 10.3. The Kier molecular flexibility index (Phi) is 3.15. The van der Waals surface area contributed by atoms with Gasteiger partial charge in [0.2, 0.25) is 5.91 Å².